The first kappa shape index (κ1) is 6.79. The van der Waals surface area contributed by atoms with Crippen LogP contribution in [0.25, 0.3) is 0 Å². The number of rotatable bonds is 5. The highest BCUT2D eigenvalue weighted by atomic mass is 16.6. The van der Waals surface area contributed by atoms with Gasteiger partial charge in [0.15, 0.2) is 0 Å². The van der Waals surface area contributed by atoms with Crippen molar-refractivity contribution in [3.8, 4) is 0 Å². The van der Waals surface area contributed by atoms with Gasteiger partial charge in [-0.1, -0.05) is 37.2 Å². The van der Waals surface area contributed by atoms with Gasteiger partial charge in [0.05, 0.1) is 7.11 Å². The molecule has 92 valence electrons. The topological polar surface area (TPSA) is 52.6 Å². The van der Waals surface area contributed by atoms with Gasteiger partial charge < -0.3 is 9.47 Å². The zero-order valence-corrected chi connectivity index (χ0v) is 9.17. The molecular weight excluding hydrogens is 220 g/mol. The lowest BCUT2D eigenvalue weighted by Crippen LogP contribution is -2.20. The van der Waals surface area contributed by atoms with Crippen molar-refractivity contribution >= 4 is 11.9 Å². The minimum atomic E-state index is -3.19. The Morgan fingerprint density at radius 1 is 1.41 bits per heavy atom. The Morgan fingerprint density at radius 3 is 2.71 bits per heavy atom. The van der Waals surface area contributed by atoms with Gasteiger partial charge in [0.25, 0.3) is 0 Å². The quantitative estimate of drug-likeness (QED) is 0.743. The van der Waals surface area contributed by atoms with Crippen LogP contribution in [0.1, 0.15) is 39.5 Å². The molecule has 0 amide bonds. The minimum Gasteiger partial charge on any atom is -0.466 e. The molecule has 17 heavy (non-hydrogen) atoms. The summed E-state index contributed by atoms with van der Waals surface area (Å²) in [5.41, 5.74) is 0.259. The van der Waals surface area contributed by atoms with Crippen molar-refractivity contribution in [1.29, 1.82) is 0 Å². The summed E-state index contributed by atoms with van der Waals surface area (Å²) in [6, 6.07) is 7.79. The van der Waals surface area contributed by atoms with E-state index in [2.05, 4.69) is 4.74 Å². The van der Waals surface area contributed by atoms with Crippen LogP contribution in [0, 0.1) is 0 Å². The number of carbonyl (C=O) groups is 2. The van der Waals surface area contributed by atoms with E-state index >= 15 is 0 Å². The number of esters is 2. The first-order chi connectivity index (χ1) is 10.5. The molecule has 0 radical (unpaired) electrons. The maximum Gasteiger partial charge on any atom is 0.351 e. The second-order valence-corrected chi connectivity index (χ2v) is 3.04. The average Bonchev–Trinajstić information content (AvgIpc) is 2.50. The monoisotopic (exact) mass is 242 g/mol. The third-order valence-electron chi connectivity index (χ3n) is 1.94. The molecule has 0 bridgehead atoms. The SMILES string of the molecule is [2H][C@@H](C(=O)O[C@H](C(=O)OC)c1ccccc1)C([2H])([2H])C([2H])([2H])[2H]. The van der Waals surface area contributed by atoms with Crippen LogP contribution in [-0.4, -0.2) is 19.0 Å². The number of benzene rings is 1. The number of hydrogen-bond donors (Lipinski definition) is 0. The van der Waals surface area contributed by atoms with Crippen LogP contribution < -0.4 is 0 Å². The van der Waals surface area contributed by atoms with E-state index in [1.165, 1.54) is 12.1 Å². The Morgan fingerprint density at radius 2 is 2.12 bits per heavy atom. The molecule has 0 unspecified atom stereocenters. The molecule has 0 saturated carbocycles. The lowest BCUT2D eigenvalue weighted by atomic mass is 10.1. The van der Waals surface area contributed by atoms with Gasteiger partial charge in [-0.3, -0.25) is 4.79 Å². The minimum absolute atomic E-state index is 0.259. The molecule has 1 aromatic carbocycles. The van der Waals surface area contributed by atoms with Crippen molar-refractivity contribution in [2.45, 2.75) is 25.7 Å². The van der Waals surface area contributed by atoms with Crippen molar-refractivity contribution in [3.05, 3.63) is 35.9 Å². The van der Waals surface area contributed by atoms with Gasteiger partial charge in [-0.15, -0.1) is 0 Å². The highest BCUT2D eigenvalue weighted by molar-refractivity contribution is 5.80. The molecule has 1 aromatic rings. The molecule has 0 aliphatic carbocycles. The fraction of sp³-hybridized carbons (Fsp3) is 0.385. The van der Waals surface area contributed by atoms with Crippen LogP contribution in [0.4, 0.5) is 0 Å². The van der Waals surface area contributed by atoms with E-state index in [-0.39, 0.29) is 5.56 Å². The van der Waals surface area contributed by atoms with Crippen LogP contribution in [0.3, 0.4) is 0 Å². The first-order valence-corrected chi connectivity index (χ1v) is 4.78. The lowest BCUT2D eigenvalue weighted by molar-refractivity contribution is -0.166. The zero-order valence-electron chi connectivity index (χ0n) is 15.2. The van der Waals surface area contributed by atoms with Crippen molar-refractivity contribution < 1.29 is 27.3 Å². The van der Waals surface area contributed by atoms with Gasteiger partial charge in [-0.05, 0) is 6.37 Å². The van der Waals surface area contributed by atoms with E-state index in [4.69, 9.17) is 13.0 Å². The largest absolute Gasteiger partial charge is 0.466 e. The lowest BCUT2D eigenvalue weighted by Gasteiger charge is -2.15. The summed E-state index contributed by atoms with van der Waals surface area (Å²) in [6.07, 6.45) is -6.97. The maximum absolute atomic E-state index is 11.9. The van der Waals surface area contributed by atoms with E-state index in [1.807, 2.05) is 0 Å². The Hall–Kier alpha value is -1.84. The Bertz CT molecular complexity index is 557. The summed E-state index contributed by atoms with van der Waals surface area (Å²) >= 11 is 0. The fourth-order valence-corrected chi connectivity index (χ4v) is 1.20. The normalized spacial score (nSPS) is 20.3. The van der Waals surface area contributed by atoms with Crippen molar-refractivity contribution in [2.75, 3.05) is 7.11 Å². The Labute approximate surface area is 109 Å². The van der Waals surface area contributed by atoms with Crippen molar-refractivity contribution in [3.63, 3.8) is 0 Å². The summed E-state index contributed by atoms with van der Waals surface area (Å²) in [5.74, 6) is -2.39. The van der Waals surface area contributed by atoms with E-state index < -0.39 is 37.7 Å². The molecule has 2 atom stereocenters. The second kappa shape index (κ2) is 6.68. The molecule has 0 spiro atoms. The molecule has 0 fully saturated rings. The molecule has 4 nitrogen and oxygen atoms in total. The summed E-state index contributed by atoms with van der Waals surface area (Å²) in [5, 5.41) is 0. The van der Waals surface area contributed by atoms with Gasteiger partial charge in [-0.25, -0.2) is 4.79 Å². The van der Waals surface area contributed by atoms with Gasteiger partial charge in [0.1, 0.15) is 0 Å². The average molecular weight is 242 g/mol. The van der Waals surface area contributed by atoms with Gasteiger partial charge >= 0.3 is 11.9 Å². The van der Waals surface area contributed by atoms with Crippen LogP contribution in [0.2, 0.25) is 0 Å². The fourth-order valence-electron chi connectivity index (χ4n) is 1.20. The number of methoxy groups -OCH3 is 1. The molecule has 0 aliphatic heterocycles. The van der Waals surface area contributed by atoms with E-state index in [9.17, 15) is 9.59 Å². The molecule has 0 aliphatic rings. The van der Waals surface area contributed by atoms with Gasteiger partial charge in [0, 0.05) is 20.2 Å². The van der Waals surface area contributed by atoms with Crippen LogP contribution >= 0.6 is 0 Å². The van der Waals surface area contributed by atoms with Gasteiger partial charge in [-0.2, -0.15) is 0 Å². The highest BCUT2D eigenvalue weighted by Gasteiger charge is 2.25. The van der Waals surface area contributed by atoms with Crippen LogP contribution in [0.15, 0.2) is 30.3 Å². The van der Waals surface area contributed by atoms with Crippen LogP contribution in [-0.2, 0) is 19.1 Å². The van der Waals surface area contributed by atoms with E-state index in [0.29, 0.717) is 0 Å². The summed E-state index contributed by atoms with van der Waals surface area (Å²) in [6.45, 7) is -3.19. The molecule has 0 aromatic heterocycles. The van der Waals surface area contributed by atoms with Crippen molar-refractivity contribution in [1.82, 2.24) is 0 Å². The maximum atomic E-state index is 11.9. The Kier molecular flexibility index (Phi) is 2.67. The summed E-state index contributed by atoms with van der Waals surface area (Å²) < 4.78 is 52.9. The van der Waals surface area contributed by atoms with E-state index in [1.54, 1.807) is 18.2 Å². The Balaban J connectivity index is 3.01. The van der Waals surface area contributed by atoms with Crippen molar-refractivity contribution in [2.24, 2.45) is 0 Å². The molecule has 4 heteroatoms. The first-order valence-electron chi connectivity index (χ1n) is 7.85. The van der Waals surface area contributed by atoms with Gasteiger partial charge in [0.2, 0.25) is 6.10 Å². The molecule has 0 heterocycles. The third kappa shape index (κ3) is 3.90. The zero-order chi connectivity index (χ0) is 17.8. The molecule has 1 rings (SSSR count). The summed E-state index contributed by atoms with van der Waals surface area (Å²) in [7, 11) is 1.08. The summed E-state index contributed by atoms with van der Waals surface area (Å²) in [4.78, 5) is 23.7. The van der Waals surface area contributed by atoms with E-state index in [0.717, 1.165) is 7.11 Å². The second-order valence-electron chi connectivity index (χ2n) is 3.04. The third-order valence-corrected chi connectivity index (χ3v) is 1.94. The smallest absolute Gasteiger partial charge is 0.351 e. The number of carbonyl (C=O) groups excluding carboxylic acids is 2. The highest BCUT2D eigenvalue weighted by Crippen LogP contribution is 2.19. The molecule has 0 N–H and O–H groups in total. The standard InChI is InChI=1S/C13H16O4/c1-3-7-11(14)17-12(13(15)16-2)10-8-5-4-6-9-10/h4-6,8-9,12H,3,7H2,1-2H3/t12-/m0/s1/i1D3,3D2,7D/t7-,12+/m1. The molecule has 0 saturated heterocycles. The number of hydrogen-bond acceptors (Lipinski definition) is 4. The number of ether oxygens (including phenoxy) is 2. The predicted molar refractivity (Wildman–Crippen MR) is 62.2 cm³/mol. The predicted octanol–water partition coefficient (Wildman–Crippen LogP) is 2.24. The molecular formula is C13H16O4. The van der Waals surface area contributed by atoms with Crippen LogP contribution in [0.5, 0.6) is 0 Å².